The van der Waals surface area contributed by atoms with Gasteiger partial charge in [-0.3, -0.25) is 0 Å². The summed E-state index contributed by atoms with van der Waals surface area (Å²) in [6.07, 6.45) is 6.05. The predicted molar refractivity (Wildman–Crippen MR) is 109 cm³/mol. The molecular weight excluding hydrogens is 462 g/mol. The maximum Gasteiger partial charge on any atom is 0.354 e. The number of fused-ring (bicyclic) bond motifs is 3. The highest BCUT2D eigenvalue weighted by Gasteiger charge is 2.32. The molecule has 2 atom stereocenters. The minimum Gasteiger partial charge on any atom is -0.475 e. The summed E-state index contributed by atoms with van der Waals surface area (Å²) in [6, 6.07) is -1.12. The zero-order valence-electron chi connectivity index (χ0n) is 15.5. The van der Waals surface area contributed by atoms with Gasteiger partial charge in [0.1, 0.15) is 17.5 Å². The number of aliphatic hydroxyl groups excluding tert-OH is 1. The first-order valence-corrected chi connectivity index (χ1v) is 11.8. The van der Waals surface area contributed by atoms with Crippen molar-refractivity contribution < 1.29 is 18.8 Å². The van der Waals surface area contributed by atoms with Gasteiger partial charge in [0.05, 0.1) is 12.8 Å². The van der Waals surface area contributed by atoms with Crippen molar-refractivity contribution in [2.45, 2.75) is 43.0 Å². The first-order chi connectivity index (χ1) is 13.9. The molecule has 2 heterocycles. The van der Waals surface area contributed by atoms with Crippen molar-refractivity contribution in [2.24, 2.45) is 9.50 Å². The molecule has 9 nitrogen and oxygen atoms in total. The average molecular weight is 482 g/mol. The Morgan fingerprint density at radius 3 is 2.76 bits per heavy atom. The SMILES string of the molecule is NS(=O)(=NC(=O)Nc1c2c(c(Br)c3c1CC3)CCC2)c1cnn2c1OC[C@H]2CO. The Balaban J connectivity index is 1.48. The number of nitrogens with one attached hydrogen (secondary N) is 1. The second kappa shape index (κ2) is 6.79. The Hall–Kier alpha value is -1.95. The number of ether oxygens (including phenoxy) is 1. The third kappa shape index (κ3) is 2.90. The van der Waals surface area contributed by atoms with Crippen LogP contribution < -0.4 is 15.2 Å². The van der Waals surface area contributed by atoms with Crippen molar-refractivity contribution in [3.8, 4) is 5.88 Å². The quantitative estimate of drug-likeness (QED) is 0.617. The summed E-state index contributed by atoms with van der Waals surface area (Å²) >= 11 is 3.70. The summed E-state index contributed by atoms with van der Waals surface area (Å²) in [5.41, 5.74) is 5.51. The van der Waals surface area contributed by atoms with Crippen molar-refractivity contribution in [2.75, 3.05) is 18.5 Å². The molecule has 2 aromatic rings. The van der Waals surface area contributed by atoms with Crippen molar-refractivity contribution in [1.82, 2.24) is 9.78 Å². The molecule has 5 rings (SSSR count). The van der Waals surface area contributed by atoms with E-state index in [0.717, 1.165) is 53.4 Å². The minimum atomic E-state index is -3.56. The molecule has 4 N–H and O–H groups in total. The minimum absolute atomic E-state index is 0.0534. The van der Waals surface area contributed by atoms with Gasteiger partial charge in [0.2, 0.25) is 5.88 Å². The average Bonchev–Trinajstić information content (AvgIpc) is 3.34. The number of halogens is 1. The molecule has 1 aliphatic heterocycles. The van der Waals surface area contributed by atoms with E-state index in [1.807, 2.05) is 0 Å². The molecule has 0 radical (unpaired) electrons. The molecule has 0 saturated carbocycles. The smallest absolute Gasteiger partial charge is 0.354 e. The standard InChI is InChI=1S/C18H20BrN5O4S/c19-15-10-2-1-3-12(10)16(13-5-4-11(13)15)22-18(26)23-29(20,27)14-6-21-24-9(7-25)8-28-17(14)24/h6,9,25H,1-5,7-8H2,(H3,20,22,23,26,27)/t9-,29?/m1/s1. The topological polar surface area (TPSA) is 132 Å². The first kappa shape index (κ1) is 19.0. The maximum atomic E-state index is 13.0. The van der Waals surface area contributed by atoms with E-state index in [9.17, 15) is 14.1 Å². The number of hydrogen-bond donors (Lipinski definition) is 3. The van der Waals surface area contributed by atoms with E-state index in [4.69, 9.17) is 9.88 Å². The van der Waals surface area contributed by atoms with Gasteiger partial charge in [0, 0.05) is 10.2 Å². The van der Waals surface area contributed by atoms with Crippen LogP contribution in [0, 0.1) is 0 Å². The lowest BCUT2D eigenvalue weighted by Crippen LogP contribution is -2.21. The van der Waals surface area contributed by atoms with E-state index in [0.29, 0.717) is 0 Å². The number of anilines is 1. The van der Waals surface area contributed by atoms with Crippen molar-refractivity contribution in [3.05, 3.63) is 32.9 Å². The second-order valence-corrected chi connectivity index (χ2v) is 10.0. The number of hydrogen-bond acceptors (Lipinski definition) is 5. The summed E-state index contributed by atoms with van der Waals surface area (Å²) < 4.78 is 24.8. The molecule has 1 unspecified atom stereocenters. The fourth-order valence-corrected chi connectivity index (χ4v) is 6.15. The summed E-state index contributed by atoms with van der Waals surface area (Å²) in [5, 5.41) is 22.2. The zero-order valence-corrected chi connectivity index (χ0v) is 17.9. The van der Waals surface area contributed by atoms with E-state index < -0.39 is 15.9 Å². The predicted octanol–water partition coefficient (Wildman–Crippen LogP) is 2.09. The van der Waals surface area contributed by atoms with E-state index in [2.05, 4.69) is 30.7 Å². The third-order valence-corrected chi connectivity index (χ3v) is 8.10. The molecule has 3 aliphatic rings. The van der Waals surface area contributed by atoms with Crippen LogP contribution in [0.2, 0.25) is 0 Å². The molecule has 1 aromatic heterocycles. The lowest BCUT2D eigenvalue weighted by molar-refractivity contribution is 0.206. The Bertz CT molecular complexity index is 1170. The van der Waals surface area contributed by atoms with Gasteiger partial charge >= 0.3 is 6.03 Å². The summed E-state index contributed by atoms with van der Waals surface area (Å²) in [7, 11) is -3.56. The number of amides is 2. The highest BCUT2D eigenvalue weighted by atomic mass is 79.9. The zero-order chi connectivity index (χ0) is 20.3. The van der Waals surface area contributed by atoms with Gasteiger partial charge < -0.3 is 15.2 Å². The Morgan fingerprint density at radius 2 is 2.03 bits per heavy atom. The van der Waals surface area contributed by atoms with E-state index >= 15 is 0 Å². The Morgan fingerprint density at radius 1 is 1.34 bits per heavy atom. The molecule has 0 spiro atoms. The number of rotatable bonds is 3. The van der Waals surface area contributed by atoms with Gasteiger partial charge in [-0.1, -0.05) is 15.9 Å². The molecular formula is C18H20BrN5O4S. The monoisotopic (exact) mass is 481 g/mol. The molecule has 1 aromatic carbocycles. The number of carbonyl (C=O) groups excluding carboxylic acids is 1. The van der Waals surface area contributed by atoms with Gasteiger partial charge in [-0.15, -0.1) is 4.36 Å². The van der Waals surface area contributed by atoms with Crippen LogP contribution in [0.25, 0.3) is 0 Å². The molecule has 29 heavy (non-hydrogen) atoms. The van der Waals surface area contributed by atoms with Gasteiger partial charge in [0.25, 0.3) is 0 Å². The first-order valence-electron chi connectivity index (χ1n) is 9.42. The van der Waals surface area contributed by atoms with Crippen LogP contribution in [0.4, 0.5) is 10.5 Å². The lowest BCUT2D eigenvalue weighted by atomic mass is 9.83. The number of nitrogens with two attached hydrogens (primary N) is 1. The molecule has 2 aliphatic carbocycles. The molecule has 0 saturated heterocycles. The van der Waals surface area contributed by atoms with E-state index in [1.165, 1.54) is 22.0 Å². The largest absolute Gasteiger partial charge is 0.475 e. The Labute approximate surface area is 176 Å². The van der Waals surface area contributed by atoms with Crippen LogP contribution in [0.1, 0.15) is 34.7 Å². The molecule has 11 heteroatoms. The lowest BCUT2D eigenvalue weighted by Gasteiger charge is -2.27. The van der Waals surface area contributed by atoms with Crippen molar-refractivity contribution in [3.63, 3.8) is 0 Å². The maximum absolute atomic E-state index is 13.0. The van der Waals surface area contributed by atoms with Gasteiger partial charge in [-0.25, -0.2) is 18.8 Å². The fraction of sp³-hybridized carbons (Fsp3) is 0.444. The van der Waals surface area contributed by atoms with Crippen LogP contribution in [0.3, 0.4) is 0 Å². The number of aliphatic hydroxyl groups is 1. The fourth-order valence-electron chi connectivity index (χ4n) is 4.28. The van der Waals surface area contributed by atoms with Crippen LogP contribution in [-0.2, 0) is 35.6 Å². The number of nitrogens with zero attached hydrogens (tertiary/aromatic N) is 3. The molecule has 154 valence electrons. The third-order valence-electron chi connectivity index (χ3n) is 5.79. The summed E-state index contributed by atoms with van der Waals surface area (Å²) in [6.45, 7) is 0.0306. The van der Waals surface area contributed by atoms with Crippen LogP contribution in [0.15, 0.2) is 19.9 Å². The summed E-state index contributed by atoms with van der Waals surface area (Å²) in [4.78, 5) is 12.7. The summed E-state index contributed by atoms with van der Waals surface area (Å²) in [5.74, 6) is 0.182. The number of aromatic nitrogens is 2. The molecule has 2 amide bonds. The normalized spacial score (nSPS) is 20.7. The van der Waals surface area contributed by atoms with E-state index in [-0.39, 0.29) is 30.0 Å². The van der Waals surface area contributed by atoms with Crippen LogP contribution >= 0.6 is 15.9 Å². The van der Waals surface area contributed by atoms with Crippen LogP contribution in [-0.4, -0.2) is 38.3 Å². The van der Waals surface area contributed by atoms with Crippen molar-refractivity contribution >= 4 is 37.6 Å². The number of urea groups is 1. The van der Waals surface area contributed by atoms with Crippen LogP contribution in [0.5, 0.6) is 5.88 Å². The molecule has 0 fully saturated rings. The second-order valence-electron chi connectivity index (χ2n) is 7.45. The Kier molecular flexibility index (Phi) is 4.46. The van der Waals surface area contributed by atoms with Crippen molar-refractivity contribution in [1.29, 1.82) is 0 Å². The highest BCUT2D eigenvalue weighted by Crippen LogP contribution is 2.45. The van der Waals surface area contributed by atoms with Gasteiger partial charge in [-0.2, -0.15) is 5.10 Å². The highest BCUT2D eigenvalue weighted by molar-refractivity contribution is 9.10. The number of carbonyl (C=O) groups is 1. The molecule has 0 bridgehead atoms. The number of benzene rings is 1. The van der Waals surface area contributed by atoms with E-state index in [1.54, 1.807) is 0 Å². The van der Waals surface area contributed by atoms with Gasteiger partial charge in [-0.05, 0) is 54.4 Å². The van der Waals surface area contributed by atoms with Gasteiger partial charge in [0.15, 0.2) is 9.92 Å².